The fourth-order valence-electron chi connectivity index (χ4n) is 3.57. The van der Waals surface area contributed by atoms with Crippen LogP contribution in [0.2, 0.25) is 5.02 Å². The number of nitrogens with zero attached hydrogens (tertiary/aromatic N) is 3. The Balaban J connectivity index is 1.55. The monoisotopic (exact) mass is 423 g/mol. The molecule has 1 saturated heterocycles. The van der Waals surface area contributed by atoms with Crippen molar-refractivity contribution in [2.24, 2.45) is 0 Å². The zero-order chi connectivity index (χ0) is 19.8. The van der Waals surface area contributed by atoms with Gasteiger partial charge >= 0.3 is 0 Å². The van der Waals surface area contributed by atoms with E-state index in [1.165, 1.54) is 0 Å². The van der Waals surface area contributed by atoms with Gasteiger partial charge in [0.15, 0.2) is 4.96 Å². The number of carbonyl (C=O) groups is 1. The van der Waals surface area contributed by atoms with Crippen molar-refractivity contribution in [1.29, 1.82) is 0 Å². The molecule has 2 aromatic heterocycles. The summed E-state index contributed by atoms with van der Waals surface area (Å²) in [5.74, 6) is 0.0261. The van der Waals surface area contributed by atoms with E-state index >= 15 is 0 Å². The van der Waals surface area contributed by atoms with Gasteiger partial charge in [-0.05, 0) is 23.8 Å². The molecule has 5 nitrogen and oxygen atoms in total. The molecule has 0 N–H and O–H groups in total. The Morgan fingerprint density at radius 1 is 1.07 bits per heavy atom. The van der Waals surface area contributed by atoms with E-state index in [2.05, 4.69) is 9.78 Å². The van der Waals surface area contributed by atoms with Gasteiger partial charge < -0.3 is 9.64 Å². The summed E-state index contributed by atoms with van der Waals surface area (Å²) in [5, 5.41) is 2.79. The van der Waals surface area contributed by atoms with Crippen LogP contribution in [0.4, 0.5) is 0 Å². The third kappa shape index (κ3) is 3.44. The zero-order valence-corrected chi connectivity index (χ0v) is 17.1. The van der Waals surface area contributed by atoms with Crippen molar-refractivity contribution in [2.45, 2.75) is 0 Å². The Labute approximate surface area is 177 Å². The molecule has 3 heterocycles. The highest BCUT2D eigenvalue weighted by Crippen LogP contribution is 2.31. The number of carbonyl (C=O) groups excluding carboxylic acids is 1. The molecule has 2 aromatic carbocycles. The standard InChI is InChI=1S/C22H18ClN3O2S/c23-16-7-5-15(6-8-16)20-14-29-22-24-19(13-26(20)22)17-3-1-2-4-18(17)21(27)25-9-11-28-12-10-25/h1-8,13-14H,9-12H2. The average molecular weight is 424 g/mol. The lowest BCUT2D eigenvalue weighted by Gasteiger charge is -2.27. The quantitative estimate of drug-likeness (QED) is 0.473. The minimum absolute atomic E-state index is 0.0261. The highest BCUT2D eigenvalue weighted by atomic mass is 35.5. The number of fused-ring (bicyclic) bond motifs is 1. The van der Waals surface area contributed by atoms with Crippen LogP contribution in [0.15, 0.2) is 60.1 Å². The molecular weight excluding hydrogens is 406 g/mol. The van der Waals surface area contributed by atoms with E-state index in [1.54, 1.807) is 11.3 Å². The van der Waals surface area contributed by atoms with Crippen molar-refractivity contribution in [3.63, 3.8) is 0 Å². The number of amides is 1. The molecule has 4 aromatic rings. The molecule has 0 saturated carbocycles. The molecule has 0 atom stereocenters. The lowest BCUT2D eigenvalue weighted by Crippen LogP contribution is -2.40. The number of ether oxygens (including phenoxy) is 1. The lowest BCUT2D eigenvalue weighted by atomic mass is 10.0. The second-order valence-electron chi connectivity index (χ2n) is 6.86. The molecule has 146 valence electrons. The number of benzene rings is 2. The molecule has 1 aliphatic rings. The fraction of sp³-hybridized carbons (Fsp3) is 0.182. The number of rotatable bonds is 3. The first-order chi connectivity index (χ1) is 14.2. The summed E-state index contributed by atoms with van der Waals surface area (Å²) in [6.07, 6.45) is 2.00. The largest absolute Gasteiger partial charge is 0.378 e. The Hall–Kier alpha value is -2.67. The van der Waals surface area contributed by atoms with Crippen molar-refractivity contribution < 1.29 is 9.53 Å². The van der Waals surface area contributed by atoms with Gasteiger partial charge in [-0.25, -0.2) is 4.98 Å². The summed E-state index contributed by atoms with van der Waals surface area (Å²) in [6.45, 7) is 2.40. The van der Waals surface area contributed by atoms with Crippen LogP contribution >= 0.6 is 22.9 Å². The normalized spacial score (nSPS) is 14.4. The first-order valence-corrected chi connectivity index (χ1v) is 10.7. The highest BCUT2D eigenvalue weighted by molar-refractivity contribution is 7.15. The third-order valence-corrected chi connectivity index (χ3v) is 6.17. The van der Waals surface area contributed by atoms with E-state index in [-0.39, 0.29) is 5.91 Å². The Kier molecular flexibility index (Phi) is 4.83. The SMILES string of the molecule is O=C(c1ccccc1-c1cn2c(-c3ccc(Cl)cc3)csc2n1)N1CCOCC1. The summed E-state index contributed by atoms with van der Waals surface area (Å²) >= 11 is 7.60. The molecule has 1 aliphatic heterocycles. The van der Waals surface area contributed by atoms with Crippen LogP contribution in [-0.2, 0) is 4.74 Å². The fourth-order valence-corrected chi connectivity index (χ4v) is 4.58. The van der Waals surface area contributed by atoms with Crippen LogP contribution in [0, 0.1) is 0 Å². The van der Waals surface area contributed by atoms with Crippen molar-refractivity contribution in [3.8, 4) is 22.5 Å². The summed E-state index contributed by atoms with van der Waals surface area (Å²) in [7, 11) is 0. The Morgan fingerprint density at radius 3 is 2.62 bits per heavy atom. The topological polar surface area (TPSA) is 46.8 Å². The van der Waals surface area contributed by atoms with Crippen molar-refractivity contribution in [1.82, 2.24) is 14.3 Å². The number of morpholine rings is 1. The van der Waals surface area contributed by atoms with E-state index in [9.17, 15) is 4.79 Å². The van der Waals surface area contributed by atoms with Gasteiger partial charge in [0, 0.05) is 40.8 Å². The molecule has 1 amide bonds. The predicted octanol–water partition coefficient (Wildman–Crippen LogP) is 4.86. The molecule has 7 heteroatoms. The highest BCUT2D eigenvalue weighted by Gasteiger charge is 2.22. The van der Waals surface area contributed by atoms with Gasteiger partial charge in [-0.1, -0.05) is 41.9 Å². The van der Waals surface area contributed by atoms with Crippen LogP contribution in [0.3, 0.4) is 0 Å². The predicted molar refractivity (Wildman–Crippen MR) is 116 cm³/mol. The first-order valence-electron chi connectivity index (χ1n) is 9.40. The van der Waals surface area contributed by atoms with Gasteiger partial charge in [0.1, 0.15) is 0 Å². The number of aromatic nitrogens is 2. The summed E-state index contributed by atoms with van der Waals surface area (Å²) < 4.78 is 7.44. The molecule has 0 spiro atoms. The maximum absolute atomic E-state index is 13.1. The smallest absolute Gasteiger partial charge is 0.254 e. The van der Waals surface area contributed by atoms with E-state index in [0.29, 0.717) is 36.9 Å². The van der Waals surface area contributed by atoms with Gasteiger partial charge in [0.25, 0.3) is 5.91 Å². The minimum atomic E-state index is 0.0261. The molecule has 0 radical (unpaired) electrons. The third-order valence-electron chi connectivity index (χ3n) is 5.08. The van der Waals surface area contributed by atoms with Crippen molar-refractivity contribution in [2.75, 3.05) is 26.3 Å². The minimum Gasteiger partial charge on any atom is -0.378 e. The summed E-state index contributed by atoms with van der Waals surface area (Å²) in [5.41, 5.74) is 4.44. The van der Waals surface area contributed by atoms with E-state index in [0.717, 1.165) is 27.5 Å². The number of hydrogen-bond acceptors (Lipinski definition) is 4. The maximum atomic E-state index is 13.1. The van der Waals surface area contributed by atoms with E-state index in [4.69, 9.17) is 21.3 Å². The van der Waals surface area contributed by atoms with Gasteiger partial charge in [-0.15, -0.1) is 11.3 Å². The van der Waals surface area contributed by atoms with Gasteiger partial charge in [0.05, 0.1) is 24.6 Å². The van der Waals surface area contributed by atoms with Gasteiger partial charge in [-0.3, -0.25) is 9.20 Å². The Bertz CT molecular complexity index is 1180. The molecular formula is C22H18ClN3O2S. The molecule has 1 fully saturated rings. The van der Waals surface area contributed by atoms with Crippen LogP contribution in [0.1, 0.15) is 10.4 Å². The van der Waals surface area contributed by atoms with Crippen LogP contribution < -0.4 is 0 Å². The summed E-state index contributed by atoms with van der Waals surface area (Å²) in [4.78, 5) is 20.6. The molecule has 0 unspecified atom stereocenters. The van der Waals surface area contributed by atoms with Gasteiger partial charge in [-0.2, -0.15) is 0 Å². The average Bonchev–Trinajstić information content (AvgIpc) is 3.36. The van der Waals surface area contributed by atoms with Gasteiger partial charge in [0.2, 0.25) is 0 Å². The lowest BCUT2D eigenvalue weighted by molar-refractivity contribution is 0.0303. The number of halogens is 1. The first kappa shape index (κ1) is 18.4. The second kappa shape index (κ2) is 7.63. The number of imidazole rings is 1. The van der Waals surface area contributed by atoms with Crippen LogP contribution in [-0.4, -0.2) is 46.5 Å². The maximum Gasteiger partial charge on any atom is 0.254 e. The van der Waals surface area contributed by atoms with Crippen molar-refractivity contribution >= 4 is 33.8 Å². The van der Waals surface area contributed by atoms with Crippen molar-refractivity contribution in [3.05, 3.63) is 70.7 Å². The number of hydrogen-bond donors (Lipinski definition) is 0. The van der Waals surface area contributed by atoms with Crippen LogP contribution in [0.25, 0.3) is 27.5 Å². The molecule has 29 heavy (non-hydrogen) atoms. The molecule has 0 bridgehead atoms. The van der Waals surface area contributed by atoms with Crippen LogP contribution in [0.5, 0.6) is 0 Å². The van der Waals surface area contributed by atoms with E-state index in [1.807, 2.05) is 59.6 Å². The Morgan fingerprint density at radius 2 is 1.83 bits per heavy atom. The summed E-state index contributed by atoms with van der Waals surface area (Å²) in [6, 6.07) is 15.4. The second-order valence-corrected chi connectivity index (χ2v) is 8.13. The number of thiazole rings is 1. The van der Waals surface area contributed by atoms with E-state index < -0.39 is 0 Å². The molecule has 0 aliphatic carbocycles. The zero-order valence-electron chi connectivity index (χ0n) is 15.5. The molecule has 5 rings (SSSR count).